The number of likely N-dealkylation sites (tertiary alicyclic amines) is 1. The van der Waals surface area contributed by atoms with Crippen LogP contribution in [0.5, 0.6) is 0 Å². The molecule has 2 aromatic carbocycles. The van der Waals surface area contributed by atoms with Crippen LogP contribution in [0.15, 0.2) is 47.4 Å². The predicted octanol–water partition coefficient (Wildman–Crippen LogP) is 4.25. The maximum atomic E-state index is 13.5. The van der Waals surface area contributed by atoms with Gasteiger partial charge in [0.05, 0.1) is 9.92 Å². The van der Waals surface area contributed by atoms with E-state index in [0.717, 1.165) is 30.5 Å². The first-order valence-electron chi connectivity index (χ1n) is 10.8. The first-order chi connectivity index (χ1) is 15.3. The summed E-state index contributed by atoms with van der Waals surface area (Å²) < 4.78 is 54.0. The van der Waals surface area contributed by atoms with Crippen LogP contribution < -0.4 is 0 Å². The number of sulfonamides is 1. The number of hydrogen-bond donors (Lipinski definition) is 0. The molecule has 32 heavy (non-hydrogen) atoms. The lowest BCUT2D eigenvalue weighted by Crippen LogP contribution is -2.46. The number of carbonyl (C=O) groups excluding carboxylic acids is 1. The highest BCUT2D eigenvalue weighted by Crippen LogP contribution is 2.30. The van der Waals surface area contributed by atoms with Crippen molar-refractivity contribution in [1.29, 1.82) is 0 Å². The van der Waals surface area contributed by atoms with E-state index in [4.69, 9.17) is 11.6 Å². The van der Waals surface area contributed by atoms with Crippen LogP contribution in [0.2, 0.25) is 5.02 Å². The van der Waals surface area contributed by atoms with Gasteiger partial charge in [0.1, 0.15) is 11.6 Å². The maximum absolute atomic E-state index is 13.5. The van der Waals surface area contributed by atoms with Gasteiger partial charge >= 0.3 is 0 Å². The number of piperidine rings is 1. The second-order valence-electron chi connectivity index (χ2n) is 8.42. The van der Waals surface area contributed by atoms with Crippen molar-refractivity contribution in [3.63, 3.8) is 0 Å². The second-order valence-corrected chi connectivity index (χ2v) is 10.8. The third kappa shape index (κ3) is 4.82. The number of amides is 1. The second kappa shape index (κ2) is 9.45. The number of hydrogen-bond acceptors (Lipinski definition) is 3. The fourth-order valence-electron chi connectivity index (χ4n) is 4.64. The van der Waals surface area contributed by atoms with Crippen LogP contribution >= 0.6 is 11.6 Å². The summed E-state index contributed by atoms with van der Waals surface area (Å²) in [6, 6.07) is 9.85. The zero-order valence-corrected chi connectivity index (χ0v) is 19.1. The molecule has 2 saturated heterocycles. The van der Waals surface area contributed by atoms with Crippen molar-refractivity contribution in [2.45, 2.75) is 43.0 Å². The van der Waals surface area contributed by atoms with Crippen LogP contribution in [0.25, 0.3) is 0 Å². The van der Waals surface area contributed by atoms with Gasteiger partial charge in [-0.15, -0.1) is 0 Å². The molecule has 2 heterocycles. The number of benzene rings is 2. The van der Waals surface area contributed by atoms with E-state index in [1.165, 1.54) is 22.5 Å². The number of rotatable bonds is 5. The molecule has 2 aliphatic heterocycles. The summed E-state index contributed by atoms with van der Waals surface area (Å²) in [6.45, 7) is 1.11. The fraction of sp³-hybridized carbons (Fsp3) is 0.435. The molecular formula is C23H25ClF2N2O3S. The summed E-state index contributed by atoms with van der Waals surface area (Å²) in [4.78, 5) is 15.0. The van der Waals surface area contributed by atoms with Crippen LogP contribution in [0.4, 0.5) is 8.78 Å². The van der Waals surface area contributed by atoms with E-state index in [0.29, 0.717) is 25.8 Å². The first-order valence-corrected chi connectivity index (χ1v) is 12.6. The topological polar surface area (TPSA) is 57.7 Å². The number of carbonyl (C=O) groups is 1. The van der Waals surface area contributed by atoms with E-state index in [2.05, 4.69) is 0 Å². The molecule has 2 aromatic rings. The van der Waals surface area contributed by atoms with Crippen molar-refractivity contribution < 1.29 is 22.0 Å². The SMILES string of the molecule is O=C(C1CCN(S(=O)(=O)c2ccc(F)c(Cl)c2)CC1)N1CCCC1Cc1cccc(F)c1. The molecule has 0 radical (unpaired) electrons. The molecule has 0 bridgehead atoms. The van der Waals surface area contributed by atoms with Crippen LogP contribution in [0, 0.1) is 17.6 Å². The summed E-state index contributed by atoms with van der Waals surface area (Å²) in [7, 11) is -3.80. The van der Waals surface area contributed by atoms with E-state index in [9.17, 15) is 22.0 Å². The molecule has 2 aliphatic rings. The first kappa shape index (κ1) is 23.1. The Morgan fingerprint density at radius 3 is 2.47 bits per heavy atom. The van der Waals surface area contributed by atoms with E-state index >= 15 is 0 Å². The Morgan fingerprint density at radius 1 is 1.03 bits per heavy atom. The molecule has 0 spiro atoms. The molecule has 0 N–H and O–H groups in total. The van der Waals surface area contributed by atoms with Crippen LogP contribution in [0.1, 0.15) is 31.2 Å². The maximum Gasteiger partial charge on any atom is 0.243 e. The third-order valence-electron chi connectivity index (χ3n) is 6.35. The van der Waals surface area contributed by atoms with Crippen LogP contribution in [-0.4, -0.2) is 49.2 Å². The van der Waals surface area contributed by atoms with Gasteiger partial charge < -0.3 is 4.90 Å². The average molecular weight is 483 g/mol. The Bertz CT molecular complexity index is 1100. The highest BCUT2D eigenvalue weighted by Gasteiger charge is 2.37. The highest BCUT2D eigenvalue weighted by molar-refractivity contribution is 7.89. The molecule has 172 valence electrons. The third-order valence-corrected chi connectivity index (χ3v) is 8.54. The van der Waals surface area contributed by atoms with Gasteiger partial charge in [-0.05, 0) is 68.0 Å². The lowest BCUT2D eigenvalue weighted by atomic mass is 9.95. The minimum Gasteiger partial charge on any atom is -0.339 e. The quantitative estimate of drug-likeness (QED) is 0.640. The number of halogens is 3. The fourth-order valence-corrected chi connectivity index (χ4v) is 6.38. The summed E-state index contributed by atoms with van der Waals surface area (Å²) in [6.07, 6.45) is 3.25. The standard InChI is InChI=1S/C23H25ClF2N2O3S/c24-21-15-20(6-7-22(21)26)32(30,31)27-11-8-17(9-12-27)23(29)28-10-2-5-19(28)14-16-3-1-4-18(25)13-16/h1,3-4,6-7,13,15,17,19H,2,5,8-12,14H2. The molecule has 2 fully saturated rings. The van der Waals surface area contributed by atoms with Crippen molar-refractivity contribution >= 4 is 27.5 Å². The predicted molar refractivity (Wildman–Crippen MR) is 118 cm³/mol. The Hall–Kier alpha value is -2.03. The number of nitrogens with zero attached hydrogens (tertiary/aromatic N) is 2. The van der Waals surface area contributed by atoms with Crippen molar-refractivity contribution in [2.75, 3.05) is 19.6 Å². The largest absolute Gasteiger partial charge is 0.339 e. The molecule has 0 saturated carbocycles. The van der Waals surface area contributed by atoms with E-state index in [-0.39, 0.29) is 46.7 Å². The molecule has 9 heteroatoms. The summed E-state index contributed by atoms with van der Waals surface area (Å²) >= 11 is 5.75. The van der Waals surface area contributed by atoms with Gasteiger partial charge in [-0.2, -0.15) is 4.31 Å². The molecule has 1 amide bonds. The molecule has 4 rings (SSSR count). The monoisotopic (exact) mass is 482 g/mol. The highest BCUT2D eigenvalue weighted by atomic mass is 35.5. The summed E-state index contributed by atoms with van der Waals surface area (Å²) in [5.41, 5.74) is 0.869. The Kier molecular flexibility index (Phi) is 6.83. The van der Waals surface area contributed by atoms with Gasteiger partial charge in [0, 0.05) is 31.6 Å². The Morgan fingerprint density at radius 2 is 1.78 bits per heavy atom. The molecule has 0 aliphatic carbocycles. The van der Waals surface area contributed by atoms with Gasteiger partial charge in [0.25, 0.3) is 0 Å². The van der Waals surface area contributed by atoms with Gasteiger partial charge in [-0.3, -0.25) is 4.79 Å². The Balaban J connectivity index is 1.39. The average Bonchev–Trinajstić information content (AvgIpc) is 3.23. The van der Waals surface area contributed by atoms with Gasteiger partial charge in [0.15, 0.2) is 0 Å². The molecule has 1 atom stereocenters. The lowest BCUT2D eigenvalue weighted by molar-refractivity contribution is -0.137. The normalized spacial score (nSPS) is 20.6. The van der Waals surface area contributed by atoms with Crippen molar-refractivity contribution in [3.05, 3.63) is 64.7 Å². The zero-order valence-electron chi connectivity index (χ0n) is 17.5. The summed E-state index contributed by atoms with van der Waals surface area (Å²) in [5.74, 6) is -1.15. The van der Waals surface area contributed by atoms with E-state index in [1.807, 2.05) is 11.0 Å². The summed E-state index contributed by atoms with van der Waals surface area (Å²) in [5, 5.41) is -0.241. The minimum atomic E-state index is -3.80. The van der Waals surface area contributed by atoms with Crippen LogP contribution in [-0.2, 0) is 21.2 Å². The Labute approximate surface area is 192 Å². The van der Waals surface area contributed by atoms with E-state index in [1.54, 1.807) is 6.07 Å². The molecule has 1 unspecified atom stereocenters. The van der Waals surface area contributed by atoms with Crippen molar-refractivity contribution in [3.8, 4) is 0 Å². The zero-order chi connectivity index (χ0) is 22.9. The van der Waals surface area contributed by atoms with Gasteiger partial charge in [-0.25, -0.2) is 17.2 Å². The molecule has 5 nitrogen and oxygen atoms in total. The van der Waals surface area contributed by atoms with Gasteiger partial charge in [-0.1, -0.05) is 23.7 Å². The molecule has 0 aromatic heterocycles. The van der Waals surface area contributed by atoms with Crippen molar-refractivity contribution in [2.24, 2.45) is 5.92 Å². The molecular weight excluding hydrogens is 458 g/mol. The van der Waals surface area contributed by atoms with Crippen LogP contribution in [0.3, 0.4) is 0 Å². The lowest BCUT2D eigenvalue weighted by Gasteiger charge is -2.34. The van der Waals surface area contributed by atoms with Gasteiger partial charge in [0.2, 0.25) is 15.9 Å². The van der Waals surface area contributed by atoms with E-state index < -0.39 is 15.8 Å². The van der Waals surface area contributed by atoms with Crippen molar-refractivity contribution in [1.82, 2.24) is 9.21 Å². The smallest absolute Gasteiger partial charge is 0.243 e. The minimum absolute atomic E-state index is 0.0346.